The van der Waals surface area contributed by atoms with Crippen molar-refractivity contribution in [2.75, 3.05) is 0 Å². The van der Waals surface area contributed by atoms with Gasteiger partial charge in [-0.15, -0.1) is 0 Å². The monoisotopic (exact) mass is 273 g/mol. The van der Waals surface area contributed by atoms with E-state index in [0.29, 0.717) is 12.5 Å². The summed E-state index contributed by atoms with van der Waals surface area (Å²) in [7, 11) is 0. The van der Waals surface area contributed by atoms with Crippen molar-refractivity contribution in [3.05, 3.63) is 48.0 Å². The second kappa shape index (κ2) is 7.13. The molecule has 1 fully saturated rings. The summed E-state index contributed by atoms with van der Waals surface area (Å²) < 4.78 is 5.28. The number of ether oxygens (including phenoxy) is 1. The Morgan fingerprint density at radius 2 is 2.15 bits per heavy atom. The summed E-state index contributed by atoms with van der Waals surface area (Å²) in [6.45, 7) is 6.59. The molecule has 1 N–H and O–H groups in total. The second-order valence-electron chi connectivity index (χ2n) is 5.38. The minimum atomic E-state index is -0.327. The molecule has 1 amide bonds. The summed E-state index contributed by atoms with van der Waals surface area (Å²) in [6.07, 6.45) is 3.88. The SMILES string of the molecule is C=C1CCCC(NC(=O)OCc2ccccc2)C1CC. The highest BCUT2D eigenvalue weighted by molar-refractivity contribution is 5.67. The number of nitrogens with one attached hydrogen (secondary N) is 1. The zero-order valence-corrected chi connectivity index (χ0v) is 12.1. The van der Waals surface area contributed by atoms with Crippen LogP contribution in [0.1, 0.15) is 38.2 Å². The first-order valence-corrected chi connectivity index (χ1v) is 7.35. The van der Waals surface area contributed by atoms with E-state index in [-0.39, 0.29) is 12.1 Å². The lowest BCUT2D eigenvalue weighted by Crippen LogP contribution is -2.42. The lowest BCUT2D eigenvalue weighted by molar-refractivity contribution is 0.130. The van der Waals surface area contributed by atoms with E-state index in [4.69, 9.17) is 4.74 Å². The Morgan fingerprint density at radius 1 is 1.40 bits per heavy atom. The largest absolute Gasteiger partial charge is 0.445 e. The summed E-state index contributed by atoms with van der Waals surface area (Å²) in [5.74, 6) is 0.382. The van der Waals surface area contributed by atoms with E-state index < -0.39 is 0 Å². The zero-order valence-electron chi connectivity index (χ0n) is 12.1. The number of alkyl carbamates (subject to hydrolysis) is 1. The van der Waals surface area contributed by atoms with Crippen LogP contribution in [0.4, 0.5) is 4.79 Å². The van der Waals surface area contributed by atoms with E-state index in [1.54, 1.807) is 0 Å². The van der Waals surface area contributed by atoms with Crippen molar-refractivity contribution >= 4 is 6.09 Å². The maximum atomic E-state index is 11.9. The third-order valence-electron chi connectivity index (χ3n) is 3.98. The maximum Gasteiger partial charge on any atom is 0.407 e. The van der Waals surface area contributed by atoms with Crippen molar-refractivity contribution in [1.29, 1.82) is 0 Å². The Labute approximate surface area is 121 Å². The number of carbonyl (C=O) groups is 1. The normalized spacial score (nSPS) is 22.4. The molecule has 20 heavy (non-hydrogen) atoms. The fourth-order valence-electron chi connectivity index (χ4n) is 2.88. The number of hydrogen-bond donors (Lipinski definition) is 1. The molecule has 0 aromatic heterocycles. The van der Waals surface area contributed by atoms with Crippen molar-refractivity contribution in [2.45, 2.75) is 45.3 Å². The number of hydrogen-bond acceptors (Lipinski definition) is 2. The van der Waals surface area contributed by atoms with Crippen LogP contribution in [-0.2, 0) is 11.3 Å². The average Bonchev–Trinajstić information content (AvgIpc) is 2.46. The van der Waals surface area contributed by atoms with E-state index in [1.807, 2.05) is 30.3 Å². The van der Waals surface area contributed by atoms with Crippen LogP contribution in [0.2, 0.25) is 0 Å². The average molecular weight is 273 g/mol. The molecule has 0 heterocycles. The van der Waals surface area contributed by atoms with Crippen molar-refractivity contribution in [3.63, 3.8) is 0 Å². The van der Waals surface area contributed by atoms with Gasteiger partial charge < -0.3 is 10.1 Å². The molecule has 0 spiro atoms. The highest BCUT2D eigenvalue weighted by Crippen LogP contribution is 2.30. The Bertz CT molecular complexity index is 455. The van der Waals surface area contributed by atoms with Crippen LogP contribution in [0.25, 0.3) is 0 Å². The van der Waals surface area contributed by atoms with E-state index in [9.17, 15) is 4.79 Å². The first kappa shape index (κ1) is 14.6. The predicted octanol–water partition coefficient (Wildman–Crippen LogP) is 4.05. The van der Waals surface area contributed by atoms with Gasteiger partial charge in [0.1, 0.15) is 6.61 Å². The zero-order chi connectivity index (χ0) is 14.4. The van der Waals surface area contributed by atoms with Crippen molar-refractivity contribution in [2.24, 2.45) is 5.92 Å². The van der Waals surface area contributed by atoms with Gasteiger partial charge in [0.2, 0.25) is 0 Å². The van der Waals surface area contributed by atoms with Crippen LogP contribution in [0.5, 0.6) is 0 Å². The first-order valence-electron chi connectivity index (χ1n) is 7.35. The van der Waals surface area contributed by atoms with Crippen molar-refractivity contribution in [3.8, 4) is 0 Å². The highest BCUT2D eigenvalue weighted by Gasteiger charge is 2.27. The van der Waals surface area contributed by atoms with Gasteiger partial charge in [0, 0.05) is 6.04 Å². The fraction of sp³-hybridized carbons (Fsp3) is 0.471. The summed E-state index contributed by atoms with van der Waals surface area (Å²) in [5, 5.41) is 3.00. The van der Waals surface area contributed by atoms with Gasteiger partial charge >= 0.3 is 6.09 Å². The van der Waals surface area contributed by atoms with Gasteiger partial charge in [0.05, 0.1) is 0 Å². The summed E-state index contributed by atoms with van der Waals surface area (Å²) in [5.41, 5.74) is 2.26. The predicted molar refractivity (Wildman–Crippen MR) is 80.3 cm³/mol. The van der Waals surface area contributed by atoms with E-state index in [0.717, 1.165) is 31.2 Å². The number of amides is 1. The topological polar surface area (TPSA) is 38.3 Å². The van der Waals surface area contributed by atoms with Crippen LogP contribution in [0.3, 0.4) is 0 Å². The summed E-state index contributed by atoms with van der Waals surface area (Å²) in [4.78, 5) is 11.9. The third-order valence-corrected chi connectivity index (χ3v) is 3.98. The lowest BCUT2D eigenvalue weighted by Gasteiger charge is -2.33. The Morgan fingerprint density at radius 3 is 2.85 bits per heavy atom. The van der Waals surface area contributed by atoms with Gasteiger partial charge in [-0.2, -0.15) is 0 Å². The van der Waals surface area contributed by atoms with E-state index in [2.05, 4.69) is 18.8 Å². The molecule has 0 radical (unpaired) electrons. The minimum absolute atomic E-state index is 0.171. The van der Waals surface area contributed by atoms with Crippen molar-refractivity contribution in [1.82, 2.24) is 5.32 Å². The maximum absolute atomic E-state index is 11.9. The minimum Gasteiger partial charge on any atom is -0.445 e. The van der Waals surface area contributed by atoms with Gasteiger partial charge in [-0.3, -0.25) is 0 Å². The lowest BCUT2D eigenvalue weighted by atomic mass is 9.79. The summed E-state index contributed by atoms with van der Waals surface area (Å²) >= 11 is 0. The van der Waals surface area contributed by atoms with Crippen LogP contribution in [0.15, 0.2) is 42.5 Å². The molecular weight excluding hydrogens is 250 g/mol. The Balaban J connectivity index is 1.83. The molecule has 1 aromatic rings. The fourth-order valence-corrected chi connectivity index (χ4v) is 2.88. The van der Waals surface area contributed by atoms with E-state index >= 15 is 0 Å². The first-order chi connectivity index (χ1) is 9.70. The second-order valence-corrected chi connectivity index (χ2v) is 5.38. The molecule has 2 atom stereocenters. The Hall–Kier alpha value is -1.77. The molecule has 1 aromatic carbocycles. The van der Waals surface area contributed by atoms with Crippen molar-refractivity contribution < 1.29 is 9.53 Å². The van der Waals surface area contributed by atoms with Crippen LogP contribution >= 0.6 is 0 Å². The molecule has 3 nitrogen and oxygen atoms in total. The summed E-state index contributed by atoms with van der Waals surface area (Å²) in [6, 6.07) is 9.89. The van der Waals surface area contributed by atoms with Gasteiger partial charge in [-0.1, -0.05) is 49.4 Å². The Kier molecular flexibility index (Phi) is 5.22. The number of carbonyl (C=O) groups excluding carboxylic acids is 1. The standard InChI is InChI=1S/C17H23NO2/c1-3-15-13(2)8-7-11-16(15)18-17(19)20-12-14-9-5-4-6-10-14/h4-6,9-10,15-16H,2-3,7-8,11-12H2,1H3,(H,18,19). The van der Waals surface area contributed by atoms with E-state index in [1.165, 1.54) is 5.57 Å². The molecular formula is C17H23NO2. The molecule has 3 heteroatoms. The van der Waals surface area contributed by atoms with Gasteiger partial charge in [0.15, 0.2) is 0 Å². The molecule has 2 unspecified atom stereocenters. The van der Waals surface area contributed by atoms with Gasteiger partial charge in [-0.05, 0) is 37.2 Å². The number of benzene rings is 1. The molecule has 1 aliphatic rings. The molecule has 1 aliphatic carbocycles. The van der Waals surface area contributed by atoms with Crippen LogP contribution in [-0.4, -0.2) is 12.1 Å². The molecule has 2 rings (SSSR count). The third kappa shape index (κ3) is 3.86. The molecule has 1 saturated carbocycles. The molecule has 0 bridgehead atoms. The molecule has 0 aliphatic heterocycles. The molecule has 108 valence electrons. The van der Waals surface area contributed by atoms with Gasteiger partial charge in [-0.25, -0.2) is 4.79 Å². The quantitative estimate of drug-likeness (QED) is 0.840. The highest BCUT2D eigenvalue weighted by atomic mass is 16.5. The molecule has 0 saturated heterocycles. The van der Waals surface area contributed by atoms with Crippen LogP contribution in [0, 0.1) is 5.92 Å². The smallest absolute Gasteiger partial charge is 0.407 e. The van der Waals surface area contributed by atoms with Gasteiger partial charge in [0.25, 0.3) is 0 Å². The number of rotatable bonds is 4. The van der Waals surface area contributed by atoms with Crippen LogP contribution < -0.4 is 5.32 Å².